The Hall–Kier alpha value is -1.39. The van der Waals surface area contributed by atoms with Crippen LogP contribution in [0.4, 0.5) is 0 Å². The molecule has 0 aliphatic heterocycles. The summed E-state index contributed by atoms with van der Waals surface area (Å²) in [5.41, 5.74) is 8.65. The van der Waals surface area contributed by atoms with Crippen LogP contribution in [0.3, 0.4) is 0 Å². The monoisotopic (exact) mass is 205 g/mol. The van der Waals surface area contributed by atoms with Crippen LogP contribution >= 0.6 is 0 Å². The molecule has 0 saturated heterocycles. The molecule has 1 aromatic heterocycles. The highest BCUT2D eigenvalue weighted by Crippen LogP contribution is 2.19. The summed E-state index contributed by atoms with van der Waals surface area (Å²) in [5.74, 6) is 0.882. The Bertz CT molecular complexity index is 476. The zero-order valence-corrected chi connectivity index (χ0v) is 8.86. The number of aliphatic hydroxyl groups is 1. The van der Waals surface area contributed by atoms with Crippen LogP contribution in [0.5, 0.6) is 0 Å². The first kappa shape index (κ1) is 10.1. The van der Waals surface area contributed by atoms with Crippen molar-refractivity contribution in [3.05, 3.63) is 29.6 Å². The number of H-pyrrole nitrogens is 1. The van der Waals surface area contributed by atoms with Crippen LogP contribution in [0.25, 0.3) is 11.0 Å². The van der Waals surface area contributed by atoms with Crippen molar-refractivity contribution < 1.29 is 5.11 Å². The van der Waals surface area contributed by atoms with Gasteiger partial charge in [0.1, 0.15) is 5.82 Å². The largest absolute Gasteiger partial charge is 0.391 e. The van der Waals surface area contributed by atoms with Crippen LogP contribution < -0.4 is 5.73 Å². The summed E-state index contributed by atoms with van der Waals surface area (Å²) in [6, 6.07) is 5.40. The number of aryl methyl sites for hydroxylation is 1. The second-order valence-corrected chi connectivity index (χ2v) is 3.87. The summed E-state index contributed by atoms with van der Waals surface area (Å²) in [4.78, 5) is 7.44. The molecular weight excluding hydrogens is 190 g/mol. The first-order valence-corrected chi connectivity index (χ1v) is 4.98. The van der Waals surface area contributed by atoms with Crippen LogP contribution in [-0.4, -0.2) is 21.2 Å². The third-order valence-electron chi connectivity index (χ3n) is 2.53. The standard InChI is InChI=1S/C11H15N3O/c1-6(15)11(12)8-3-4-9-10(5-8)14-7(2)13-9/h3-6,11,15H,12H2,1-2H3,(H,13,14). The molecule has 0 radical (unpaired) electrons. The van der Waals surface area contributed by atoms with Crippen molar-refractivity contribution >= 4 is 11.0 Å². The molecule has 0 bridgehead atoms. The molecule has 2 rings (SSSR count). The molecule has 0 aliphatic rings. The summed E-state index contributed by atoms with van der Waals surface area (Å²) in [5, 5.41) is 9.40. The minimum absolute atomic E-state index is 0.349. The third-order valence-corrected chi connectivity index (χ3v) is 2.53. The Kier molecular flexibility index (Phi) is 2.46. The summed E-state index contributed by atoms with van der Waals surface area (Å²) in [7, 11) is 0. The number of nitrogens with two attached hydrogens (primary N) is 1. The maximum Gasteiger partial charge on any atom is 0.104 e. The zero-order chi connectivity index (χ0) is 11.0. The van der Waals surface area contributed by atoms with E-state index in [2.05, 4.69) is 9.97 Å². The van der Waals surface area contributed by atoms with Gasteiger partial charge in [0.2, 0.25) is 0 Å². The van der Waals surface area contributed by atoms with E-state index in [0.717, 1.165) is 22.4 Å². The van der Waals surface area contributed by atoms with Crippen molar-refractivity contribution in [1.82, 2.24) is 9.97 Å². The lowest BCUT2D eigenvalue weighted by Gasteiger charge is -2.14. The Morgan fingerprint density at radius 1 is 1.47 bits per heavy atom. The minimum atomic E-state index is -0.550. The van der Waals surface area contributed by atoms with E-state index in [0.29, 0.717) is 0 Å². The molecule has 2 unspecified atom stereocenters. The smallest absolute Gasteiger partial charge is 0.104 e. The fraction of sp³-hybridized carbons (Fsp3) is 0.364. The maximum atomic E-state index is 9.40. The average molecular weight is 205 g/mol. The lowest BCUT2D eigenvalue weighted by Crippen LogP contribution is -2.22. The molecule has 4 N–H and O–H groups in total. The van der Waals surface area contributed by atoms with E-state index in [4.69, 9.17) is 5.73 Å². The van der Waals surface area contributed by atoms with Crippen LogP contribution in [0, 0.1) is 6.92 Å². The highest BCUT2D eigenvalue weighted by Gasteiger charge is 2.12. The van der Waals surface area contributed by atoms with Crippen molar-refractivity contribution in [3.63, 3.8) is 0 Å². The van der Waals surface area contributed by atoms with E-state index < -0.39 is 6.10 Å². The van der Waals surface area contributed by atoms with Crippen LogP contribution in [0.1, 0.15) is 24.4 Å². The van der Waals surface area contributed by atoms with Gasteiger partial charge in [0.15, 0.2) is 0 Å². The van der Waals surface area contributed by atoms with Gasteiger partial charge in [-0.15, -0.1) is 0 Å². The number of rotatable bonds is 2. The maximum absolute atomic E-state index is 9.40. The molecule has 0 spiro atoms. The lowest BCUT2D eigenvalue weighted by atomic mass is 10.0. The second kappa shape index (κ2) is 3.64. The van der Waals surface area contributed by atoms with Crippen LogP contribution in [-0.2, 0) is 0 Å². The Morgan fingerprint density at radius 2 is 2.20 bits per heavy atom. The molecule has 0 aliphatic carbocycles. The van der Waals surface area contributed by atoms with E-state index in [1.807, 2.05) is 25.1 Å². The van der Waals surface area contributed by atoms with Gasteiger partial charge >= 0.3 is 0 Å². The average Bonchev–Trinajstić information content (AvgIpc) is 2.55. The molecule has 4 heteroatoms. The molecular formula is C11H15N3O. The highest BCUT2D eigenvalue weighted by atomic mass is 16.3. The summed E-state index contributed by atoms with van der Waals surface area (Å²) in [6.07, 6.45) is -0.550. The number of fused-ring (bicyclic) bond motifs is 1. The van der Waals surface area contributed by atoms with E-state index in [1.54, 1.807) is 6.92 Å². The molecule has 0 amide bonds. The van der Waals surface area contributed by atoms with Gasteiger partial charge in [-0.25, -0.2) is 4.98 Å². The number of aromatic nitrogens is 2. The van der Waals surface area contributed by atoms with E-state index >= 15 is 0 Å². The molecule has 15 heavy (non-hydrogen) atoms. The summed E-state index contributed by atoms with van der Waals surface area (Å²) < 4.78 is 0. The van der Waals surface area contributed by atoms with Gasteiger partial charge in [-0.3, -0.25) is 0 Å². The van der Waals surface area contributed by atoms with Gasteiger partial charge in [-0.2, -0.15) is 0 Å². The normalized spacial score (nSPS) is 15.5. The first-order chi connectivity index (χ1) is 7.08. The zero-order valence-electron chi connectivity index (χ0n) is 8.86. The van der Waals surface area contributed by atoms with Gasteiger partial charge < -0.3 is 15.8 Å². The van der Waals surface area contributed by atoms with Crippen molar-refractivity contribution in [2.45, 2.75) is 26.0 Å². The van der Waals surface area contributed by atoms with Crippen LogP contribution in [0.2, 0.25) is 0 Å². The fourth-order valence-corrected chi connectivity index (χ4v) is 1.64. The molecule has 0 fully saturated rings. The quantitative estimate of drug-likeness (QED) is 0.690. The second-order valence-electron chi connectivity index (χ2n) is 3.87. The molecule has 0 saturated carbocycles. The summed E-state index contributed by atoms with van der Waals surface area (Å²) >= 11 is 0. The number of nitrogens with one attached hydrogen (secondary N) is 1. The first-order valence-electron chi connectivity index (χ1n) is 4.98. The predicted octanol–water partition coefficient (Wildman–Crippen LogP) is 1.25. The Balaban J connectivity index is 2.46. The molecule has 80 valence electrons. The highest BCUT2D eigenvalue weighted by molar-refractivity contribution is 5.76. The summed E-state index contributed by atoms with van der Waals surface area (Å²) in [6.45, 7) is 3.60. The molecule has 4 nitrogen and oxygen atoms in total. The van der Waals surface area contributed by atoms with Gasteiger partial charge in [0.25, 0.3) is 0 Å². The van der Waals surface area contributed by atoms with Crippen molar-refractivity contribution in [2.75, 3.05) is 0 Å². The van der Waals surface area contributed by atoms with Crippen molar-refractivity contribution in [2.24, 2.45) is 5.73 Å². The fourth-order valence-electron chi connectivity index (χ4n) is 1.64. The molecule has 2 aromatic rings. The number of hydrogen-bond acceptors (Lipinski definition) is 3. The van der Waals surface area contributed by atoms with Crippen molar-refractivity contribution in [3.8, 4) is 0 Å². The minimum Gasteiger partial charge on any atom is -0.391 e. The van der Waals surface area contributed by atoms with E-state index in [9.17, 15) is 5.11 Å². The lowest BCUT2D eigenvalue weighted by molar-refractivity contribution is 0.164. The predicted molar refractivity (Wildman–Crippen MR) is 59.4 cm³/mol. The molecule has 2 atom stereocenters. The molecule has 1 aromatic carbocycles. The van der Waals surface area contributed by atoms with E-state index in [1.165, 1.54) is 0 Å². The molecule has 1 heterocycles. The number of hydrogen-bond donors (Lipinski definition) is 3. The van der Waals surface area contributed by atoms with Crippen molar-refractivity contribution in [1.29, 1.82) is 0 Å². The number of nitrogens with zero attached hydrogens (tertiary/aromatic N) is 1. The van der Waals surface area contributed by atoms with Crippen LogP contribution in [0.15, 0.2) is 18.2 Å². The SMILES string of the molecule is Cc1nc2ccc(C(N)C(C)O)cc2[nH]1. The Labute approximate surface area is 88.1 Å². The number of imidazole rings is 1. The number of aromatic amines is 1. The van der Waals surface area contributed by atoms with Gasteiger partial charge in [0, 0.05) is 0 Å². The topological polar surface area (TPSA) is 74.9 Å². The number of benzene rings is 1. The van der Waals surface area contributed by atoms with Gasteiger partial charge in [-0.1, -0.05) is 6.07 Å². The third kappa shape index (κ3) is 1.86. The van der Waals surface area contributed by atoms with Gasteiger partial charge in [-0.05, 0) is 31.5 Å². The van der Waals surface area contributed by atoms with E-state index in [-0.39, 0.29) is 6.04 Å². The Morgan fingerprint density at radius 3 is 2.87 bits per heavy atom. The van der Waals surface area contributed by atoms with Gasteiger partial charge in [0.05, 0.1) is 23.2 Å². The number of aliphatic hydroxyl groups excluding tert-OH is 1.